The van der Waals surface area contributed by atoms with Gasteiger partial charge in [-0.15, -0.1) is 0 Å². The molecule has 144 valence electrons. The Balaban J connectivity index is 1.84. The first-order valence-electron chi connectivity index (χ1n) is 9.05. The molecular formula is C21H18BrF2N3O. The van der Waals surface area contributed by atoms with Crippen LogP contribution in [-0.4, -0.2) is 24.0 Å². The van der Waals surface area contributed by atoms with E-state index < -0.39 is 17.5 Å². The molecular weight excluding hydrogens is 428 g/mol. The van der Waals surface area contributed by atoms with E-state index in [0.29, 0.717) is 16.5 Å². The van der Waals surface area contributed by atoms with Gasteiger partial charge in [0.15, 0.2) is 0 Å². The van der Waals surface area contributed by atoms with Crippen LogP contribution >= 0.6 is 15.9 Å². The Morgan fingerprint density at radius 2 is 1.89 bits per heavy atom. The number of nitrogens with one attached hydrogen (secondary N) is 1. The molecule has 1 aromatic heterocycles. The van der Waals surface area contributed by atoms with Crippen molar-refractivity contribution >= 4 is 44.2 Å². The molecule has 1 aliphatic rings. The van der Waals surface area contributed by atoms with Crippen LogP contribution in [0.15, 0.2) is 40.9 Å². The number of anilines is 2. The van der Waals surface area contributed by atoms with Crippen molar-refractivity contribution in [2.45, 2.75) is 19.8 Å². The highest BCUT2D eigenvalue weighted by molar-refractivity contribution is 9.10. The average molecular weight is 446 g/mol. The molecule has 1 saturated heterocycles. The van der Waals surface area contributed by atoms with Crippen molar-refractivity contribution in [3.05, 3.63) is 63.6 Å². The fraction of sp³-hybridized carbons (Fsp3) is 0.238. The molecule has 0 saturated carbocycles. The lowest BCUT2D eigenvalue weighted by Gasteiger charge is -2.22. The lowest BCUT2D eigenvalue weighted by Crippen LogP contribution is -2.23. The molecule has 0 unspecified atom stereocenters. The summed E-state index contributed by atoms with van der Waals surface area (Å²) < 4.78 is 28.0. The van der Waals surface area contributed by atoms with Gasteiger partial charge in [-0.2, -0.15) is 0 Å². The van der Waals surface area contributed by atoms with Crippen molar-refractivity contribution in [2.75, 3.05) is 23.3 Å². The number of aromatic nitrogens is 1. The van der Waals surface area contributed by atoms with Gasteiger partial charge in [0, 0.05) is 34.6 Å². The van der Waals surface area contributed by atoms with Gasteiger partial charge in [-0.05, 0) is 50.1 Å². The monoisotopic (exact) mass is 445 g/mol. The van der Waals surface area contributed by atoms with Crippen LogP contribution in [0.4, 0.5) is 20.3 Å². The Kier molecular flexibility index (Phi) is 5.02. The van der Waals surface area contributed by atoms with Gasteiger partial charge < -0.3 is 10.2 Å². The number of halogens is 3. The van der Waals surface area contributed by atoms with Crippen molar-refractivity contribution < 1.29 is 13.6 Å². The van der Waals surface area contributed by atoms with Crippen molar-refractivity contribution in [1.82, 2.24) is 4.98 Å². The predicted octanol–water partition coefficient (Wildman–Crippen LogP) is 5.44. The van der Waals surface area contributed by atoms with E-state index in [1.807, 2.05) is 25.1 Å². The predicted molar refractivity (Wildman–Crippen MR) is 110 cm³/mol. The first-order valence-corrected chi connectivity index (χ1v) is 9.84. The van der Waals surface area contributed by atoms with Crippen LogP contribution in [0.2, 0.25) is 0 Å². The fourth-order valence-corrected chi connectivity index (χ4v) is 3.98. The minimum Gasteiger partial charge on any atom is -0.356 e. The molecule has 1 aliphatic heterocycles. The van der Waals surface area contributed by atoms with E-state index in [1.54, 1.807) is 0 Å². The van der Waals surface area contributed by atoms with E-state index in [-0.39, 0.29) is 5.69 Å². The molecule has 4 rings (SSSR count). The van der Waals surface area contributed by atoms with Crippen LogP contribution in [-0.2, 0) is 0 Å². The molecule has 28 heavy (non-hydrogen) atoms. The Labute approximate surface area is 169 Å². The summed E-state index contributed by atoms with van der Waals surface area (Å²) in [5, 5.41) is 3.26. The van der Waals surface area contributed by atoms with Gasteiger partial charge in [0.1, 0.15) is 17.5 Å². The summed E-state index contributed by atoms with van der Waals surface area (Å²) in [5.41, 5.74) is 1.82. The third kappa shape index (κ3) is 3.46. The minimum atomic E-state index is -0.815. The largest absolute Gasteiger partial charge is 0.356 e. The van der Waals surface area contributed by atoms with Crippen molar-refractivity contribution in [3.8, 4) is 0 Å². The second kappa shape index (κ2) is 7.47. The zero-order chi connectivity index (χ0) is 19.8. The Morgan fingerprint density at radius 3 is 2.61 bits per heavy atom. The zero-order valence-corrected chi connectivity index (χ0v) is 16.8. The molecule has 0 atom stereocenters. The van der Waals surface area contributed by atoms with Crippen LogP contribution in [0.3, 0.4) is 0 Å². The molecule has 3 aromatic rings. The maximum Gasteiger partial charge on any atom is 0.256 e. The highest BCUT2D eigenvalue weighted by Crippen LogP contribution is 2.32. The second-order valence-electron chi connectivity index (χ2n) is 6.87. The SMILES string of the molecule is Cc1c(N2CCCC2)nc2ccc(Br)cc2c1C(=O)Nc1ccc(F)cc1F. The van der Waals surface area contributed by atoms with Gasteiger partial charge >= 0.3 is 0 Å². The van der Waals surface area contributed by atoms with Crippen LogP contribution in [0, 0.1) is 18.6 Å². The van der Waals surface area contributed by atoms with E-state index in [2.05, 4.69) is 26.1 Å². The Bertz CT molecular complexity index is 1080. The van der Waals surface area contributed by atoms with Crippen LogP contribution in [0.1, 0.15) is 28.8 Å². The lowest BCUT2D eigenvalue weighted by atomic mass is 10.0. The second-order valence-corrected chi connectivity index (χ2v) is 7.79. The first kappa shape index (κ1) is 18.8. The summed E-state index contributed by atoms with van der Waals surface area (Å²) in [5.74, 6) is -1.18. The van der Waals surface area contributed by atoms with Gasteiger partial charge in [-0.1, -0.05) is 15.9 Å². The molecule has 1 fully saturated rings. The number of carbonyl (C=O) groups excluding carboxylic acids is 1. The van der Waals surface area contributed by atoms with Gasteiger partial charge in [0.05, 0.1) is 16.8 Å². The fourth-order valence-electron chi connectivity index (χ4n) is 3.62. The molecule has 4 nitrogen and oxygen atoms in total. The number of rotatable bonds is 3. The smallest absolute Gasteiger partial charge is 0.256 e. The van der Waals surface area contributed by atoms with Crippen LogP contribution < -0.4 is 10.2 Å². The minimum absolute atomic E-state index is 0.0616. The molecule has 1 N–H and O–H groups in total. The van der Waals surface area contributed by atoms with Gasteiger partial charge in [0.2, 0.25) is 0 Å². The van der Waals surface area contributed by atoms with Crippen molar-refractivity contribution in [1.29, 1.82) is 0 Å². The van der Waals surface area contributed by atoms with E-state index in [4.69, 9.17) is 4.98 Å². The quantitative estimate of drug-likeness (QED) is 0.583. The van der Waals surface area contributed by atoms with E-state index in [0.717, 1.165) is 53.9 Å². The Hall–Kier alpha value is -2.54. The summed E-state index contributed by atoms with van der Waals surface area (Å²) in [7, 11) is 0. The molecule has 0 radical (unpaired) electrons. The average Bonchev–Trinajstić information content (AvgIpc) is 3.18. The summed E-state index contributed by atoms with van der Waals surface area (Å²) in [6.07, 6.45) is 2.17. The normalized spacial score (nSPS) is 13.9. The summed E-state index contributed by atoms with van der Waals surface area (Å²) in [6.45, 7) is 3.64. The number of hydrogen-bond acceptors (Lipinski definition) is 3. The third-order valence-corrected chi connectivity index (χ3v) is 5.47. The summed E-state index contributed by atoms with van der Waals surface area (Å²) in [4.78, 5) is 20.1. The first-order chi connectivity index (χ1) is 13.4. The maximum atomic E-state index is 14.0. The molecule has 0 bridgehead atoms. The van der Waals surface area contributed by atoms with Crippen molar-refractivity contribution in [3.63, 3.8) is 0 Å². The molecule has 2 aromatic carbocycles. The van der Waals surface area contributed by atoms with Gasteiger partial charge in [-0.25, -0.2) is 13.8 Å². The van der Waals surface area contributed by atoms with E-state index >= 15 is 0 Å². The molecule has 1 amide bonds. The number of fused-ring (bicyclic) bond motifs is 1. The highest BCUT2D eigenvalue weighted by atomic mass is 79.9. The molecule has 2 heterocycles. The standard InChI is InChI=1S/C21H18BrF2N3O/c1-12-19(21(28)26-18-7-5-14(23)11-16(18)24)15-10-13(22)4-6-17(15)25-20(12)27-8-2-3-9-27/h4-7,10-11H,2-3,8-9H2,1H3,(H,26,28). The summed E-state index contributed by atoms with van der Waals surface area (Å²) in [6, 6.07) is 8.65. The number of benzene rings is 2. The molecule has 0 spiro atoms. The van der Waals surface area contributed by atoms with E-state index in [1.165, 1.54) is 6.07 Å². The zero-order valence-electron chi connectivity index (χ0n) is 15.2. The van der Waals surface area contributed by atoms with Crippen LogP contribution in [0.5, 0.6) is 0 Å². The maximum absolute atomic E-state index is 14.0. The number of nitrogens with zero attached hydrogens (tertiary/aromatic N) is 2. The lowest BCUT2D eigenvalue weighted by molar-refractivity contribution is 0.102. The number of amides is 1. The van der Waals surface area contributed by atoms with E-state index in [9.17, 15) is 13.6 Å². The number of carbonyl (C=O) groups is 1. The van der Waals surface area contributed by atoms with Gasteiger partial charge in [-0.3, -0.25) is 4.79 Å². The van der Waals surface area contributed by atoms with Gasteiger partial charge in [0.25, 0.3) is 5.91 Å². The van der Waals surface area contributed by atoms with Crippen LogP contribution in [0.25, 0.3) is 10.9 Å². The number of pyridine rings is 1. The molecule has 0 aliphatic carbocycles. The number of hydrogen-bond donors (Lipinski definition) is 1. The Morgan fingerprint density at radius 1 is 1.14 bits per heavy atom. The van der Waals surface area contributed by atoms with Crippen molar-refractivity contribution in [2.24, 2.45) is 0 Å². The highest BCUT2D eigenvalue weighted by Gasteiger charge is 2.23. The third-order valence-electron chi connectivity index (χ3n) is 4.98. The molecule has 7 heteroatoms. The summed E-state index contributed by atoms with van der Waals surface area (Å²) >= 11 is 3.44. The topological polar surface area (TPSA) is 45.2 Å².